The molecule has 8 nitrogen and oxygen atoms in total. The summed E-state index contributed by atoms with van der Waals surface area (Å²) in [5.41, 5.74) is 5.69. The first-order valence-electron chi connectivity index (χ1n) is 11.5. The summed E-state index contributed by atoms with van der Waals surface area (Å²) >= 11 is 0.956. The molecule has 0 radical (unpaired) electrons. The maximum Gasteiger partial charge on any atom is 0.212 e. The highest BCUT2D eigenvalue weighted by Gasteiger charge is 2.28. The number of sulfonamides is 1. The van der Waals surface area contributed by atoms with Crippen molar-refractivity contribution in [3.8, 4) is 0 Å². The van der Waals surface area contributed by atoms with Gasteiger partial charge >= 0.3 is 0 Å². The molecule has 2 aromatic rings. The van der Waals surface area contributed by atoms with E-state index in [2.05, 4.69) is 15.0 Å². The number of nitrogens with one attached hydrogen (secondary N) is 2. The molecule has 12 heteroatoms. The summed E-state index contributed by atoms with van der Waals surface area (Å²) in [5, 5.41) is 3.62. The van der Waals surface area contributed by atoms with E-state index in [9.17, 15) is 22.0 Å². The quantitative estimate of drug-likeness (QED) is 0.403. The van der Waals surface area contributed by atoms with Gasteiger partial charge in [0.15, 0.2) is 5.13 Å². The fraction of sp³-hybridized carbons (Fsp3) is 0.565. The molecule has 1 aromatic heterocycles. The van der Waals surface area contributed by atoms with Gasteiger partial charge in [0.25, 0.3) is 0 Å². The molecule has 1 fully saturated rings. The standard InChI is InChI=1S/C23H33F2N5O3S2/c1-13(2)12-35(32,33)29-16-7-5-15(6-8-16)27-23-28-22(26)21(34-23)20(31)19-17(24)9-14(10-18(19)25)11-30(3)4/h9-10,13,15-16,29H,5-8,11-12,26H2,1-4H3,(H,27,28). The molecular formula is C23H33F2N5O3S2. The van der Waals surface area contributed by atoms with Crippen LogP contribution in [-0.4, -0.2) is 56.0 Å². The Morgan fingerprint density at radius 3 is 2.29 bits per heavy atom. The molecule has 1 heterocycles. The van der Waals surface area contributed by atoms with E-state index in [0.717, 1.165) is 23.5 Å². The predicted octanol–water partition coefficient (Wildman–Crippen LogP) is 3.59. The molecule has 1 aliphatic carbocycles. The van der Waals surface area contributed by atoms with Crippen molar-refractivity contribution < 1.29 is 22.0 Å². The Hall–Kier alpha value is -2.15. The monoisotopic (exact) mass is 529 g/mol. The highest BCUT2D eigenvalue weighted by atomic mass is 32.2. The van der Waals surface area contributed by atoms with Gasteiger partial charge in [-0.3, -0.25) is 4.79 Å². The van der Waals surface area contributed by atoms with Crippen molar-refractivity contribution in [1.29, 1.82) is 0 Å². The first-order chi connectivity index (χ1) is 16.3. The van der Waals surface area contributed by atoms with Gasteiger partial charge in [0.2, 0.25) is 15.8 Å². The predicted molar refractivity (Wildman–Crippen MR) is 135 cm³/mol. The number of thiazole rings is 1. The van der Waals surface area contributed by atoms with Crippen LogP contribution in [0, 0.1) is 17.6 Å². The number of hydrogen-bond acceptors (Lipinski definition) is 8. The minimum atomic E-state index is -3.31. The third kappa shape index (κ3) is 7.42. The molecule has 0 amide bonds. The Morgan fingerprint density at radius 1 is 1.17 bits per heavy atom. The molecule has 0 saturated heterocycles. The number of ketones is 1. The minimum absolute atomic E-state index is 0.0214. The summed E-state index contributed by atoms with van der Waals surface area (Å²) in [5.74, 6) is -2.66. The van der Waals surface area contributed by atoms with Gasteiger partial charge in [-0.2, -0.15) is 0 Å². The number of halogens is 2. The van der Waals surface area contributed by atoms with E-state index in [4.69, 9.17) is 5.73 Å². The zero-order chi connectivity index (χ0) is 25.9. The minimum Gasteiger partial charge on any atom is -0.382 e. The molecule has 0 bridgehead atoms. The lowest BCUT2D eigenvalue weighted by Crippen LogP contribution is -2.41. The Morgan fingerprint density at radius 2 is 1.74 bits per heavy atom. The van der Waals surface area contributed by atoms with E-state index in [0.29, 0.717) is 42.9 Å². The Balaban J connectivity index is 1.64. The second-order valence-electron chi connectivity index (χ2n) is 9.72. The summed E-state index contributed by atoms with van der Waals surface area (Å²) in [6.07, 6.45) is 2.73. The first-order valence-corrected chi connectivity index (χ1v) is 14.0. The highest BCUT2D eigenvalue weighted by molar-refractivity contribution is 7.89. The van der Waals surface area contributed by atoms with Crippen LogP contribution in [0.1, 0.15) is 60.3 Å². The van der Waals surface area contributed by atoms with Crippen LogP contribution in [0.3, 0.4) is 0 Å². The second-order valence-corrected chi connectivity index (χ2v) is 12.5. The molecule has 3 rings (SSSR count). The number of benzene rings is 1. The van der Waals surface area contributed by atoms with Gasteiger partial charge in [-0.05, 0) is 63.4 Å². The summed E-state index contributed by atoms with van der Waals surface area (Å²) < 4.78 is 56.4. The van der Waals surface area contributed by atoms with Crippen LogP contribution in [0.5, 0.6) is 0 Å². The summed E-state index contributed by atoms with van der Waals surface area (Å²) in [6.45, 7) is 4.06. The lowest BCUT2D eigenvalue weighted by atomic mass is 9.92. The third-order valence-corrected chi connectivity index (χ3v) is 8.44. The molecule has 1 saturated carbocycles. The normalized spacial score (nSPS) is 18.9. The lowest BCUT2D eigenvalue weighted by molar-refractivity contribution is 0.103. The number of carbonyl (C=O) groups is 1. The van der Waals surface area contributed by atoms with E-state index in [1.807, 2.05) is 13.8 Å². The number of anilines is 2. The van der Waals surface area contributed by atoms with Crippen molar-refractivity contribution in [3.63, 3.8) is 0 Å². The molecule has 1 aromatic carbocycles. The van der Waals surface area contributed by atoms with Gasteiger partial charge in [0, 0.05) is 18.6 Å². The number of hydrogen-bond donors (Lipinski definition) is 3. The molecule has 0 aliphatic heterocycles. The van der Waals surface area contributed by atoms with E-state index in [-0.39, 0.29) is 34.4 Å². The Kier molecular flexibility index (Phi) is 8.84. The van der Waals surface area contributed by atoms with Gasteiger partial charge in [0.05, 0.1) is 11.3 Å². The Labute approximate surface area is 209 Å². The van der Waals surface area contributed by atoms with Crippen LogP contribution < -0.4 is 15.8 Å². The smallest absolute Gasteiger partial charge is 0.212 e. The number of aromatic nitrogens is 1. The fourth-order valence-corrected chi connectivity index (χ4v) is 6.87. The van der Waals surface area contributed by atoms with Crippen LogP contribution in [0.2, 0.25) is 0 Å². The Bertz CT molecular complexity index is 1140. The van der Waals surface area contributed by atoms with Crippen molar-refractivity contribution in [1.82, 2.24) is 14.6 Å². The van der Waals surface area contributed by atoms with Gasteiger partial charge < -0.3 is 16.0 Å². The van der Waals surface area contributed by atoms with E-state index >= 15 is 0 Å². The fourth-order valence-electron chi connectivity index (χ4n) is 4.24. The highest BCUT2D eigenvalue weighted by Crippen LogP contribution is 2.32. The van der Waals surface area contributed by atoms with Gasteiger partial charge in [-0.1, -0.05) is 25.2 Å². The van der Waals surface area contributed by atoms with E-state index in [1.54, 1.807) is 19.0 Å². The molecular weight excluding hydrogens is 496 g/mol. The van der Waals surface area contributed by atoms with Crippen LogP contribution in [0.25, 0.3) is 0 Å². The maximum absolute atomic E-state index is 14.6. The maximum atomic E-state index is 14.6. The van der Waals surface area contributed by atoms with Crippen molar-refractivity contribution in [2.24, 2.45) is 5.92 Å². The van der Waals surface area contributed by atoms with Crippen LogP contribution in [0.15, 0.2) is 12.1 Å². The van der Waals surface area contributed by atoms with Crippen LogP contribution >= 0.6 is 11.3 Å². The summed E-state index contributed by atoms with van der Waals surface area (Å²) in [6, 6.07) is 2.21. The lowest BCUT2D eigenvalue weighted by Gasteiger charge is -2.29. The van der Waals surface area contributed by atoms with Crippen LogP contribution in [-0.2, 0) is 16.6 Å². The molecule has 0 atom stereocenters. The van der Waals surface area contributed by atoms with E-state index in [1.165, 1.54) is 0 Å². The largest absolute Gasteiger partial charge is 0.382 e. The first kappa shape index (κ1) is 27.4. The zero-order valence-corrected chi connectivity index (χ0v) is 22.0. The van der Waals surface area contributed by atoms with Crippen LogP contribution in [0.4, 0.5) is 19.7 Å². The van der Waals surface area contributed by atoms with Gasteiger partial charge in [0.1, 0.15) is 22.3 Å². The van der Waals surface area contributed by atoms with E-state index < -0.39 is 33.0 Å². The second kappa shape index (κ2) is 11.3. The summed E-state index contributed by atoms with van der Waals surface area (Å²) in [7, 11) is 0.245. The zero-order valence-electron chi connectivity index (χ0n) is 20.4. The van der Waals surface area contributed by atoms with Gasteiger partial charge in [-0.25, -0.2) is 26.9 Å². The number of rotatable bonds is 10. The average Bonchev–Trinajstić information content (AvgIpc) is 3.07. The number of nitrogens with two attached hydrogens (primary N) is 1. The van der Waals surface area contributed by atoms with Crippen molar-refractivity contribution >= 4 is 38.1 Å². The summed E-state index contributed by atoms with van der Waals surface area (Å²) in [4.78, 5) is 18.8. The molecule has 35 heavy (non-hydrogen) atoms. The molecule has 0 unspecified atom stereocenters. The van der Waals surface area contributed by atoms with Crippen molar-refractivity contribution in [3.05, 3.63) is 39.8 Å². The molecule has 0 spiro atoms. The number of carbonyl (C=O) groups excluding carboxylic acids is 1. The SMILES string of the molecule is CC(C)CS(=O)(=O)NC1CCC(Nc2nc(N)c(C(=O)c3c(F)cc(CN(C)C)cc3F)s2)CC1. The van der Waals surface area contributed by atoms with Crippen molar-refractivity contribution in [2.75, 3.05) is 30.9 Å². The molecule has 194 valence electrons. The van der Waals surface area contributed by atoms with Gasteiger partial charge in [-0.15, -0.1) is 0 Å². The number of nitrogen functional groups attached to an aromatic ring is 1. The topological polar surface area (TPSA) is 117 Å². The molecule has 4 N–H and O–H groups in total. The third-order valence-electron chi connectivity index (χ3n) is 5.64. The van der Waals surface area contributed by atoms with Crippen molar-refractivity contribution in [2.45, 2.75) is 58.2 Å². The average molecular weight is 530 g/mol. The number of nitrogens with zero attached hydrogens (tertiary/aromatic N) is 2. The molecule has 1 aliphatic rings.